The van der Waals surface area contributed by atoms with Crippen LogP contribution in [0.25, 0.3) is 0 Å². The molecule has 0 bridgehead atoms. The van der Waals surface area contributed by atoms with Crippen LogP contribution in [0.1, 0.15) is 25.0 Å². The zero-order chi connectivity index (χ0) is 31.4. The summed E-state index contributed by atoms with van der Waals surface area (Å²) in [5.74, 6) is -3.91. The molecule has 14 N–H and O–H groups in total. The number of carboxylic acids is 4. The molecule has 4 unspecified atom stereocenters. The average Bonchev–Trinajstić information content (AvgIpc) is 2.90. The summed E-state index contributed by atoms with van der Waals surface area (Å²) in [5.41, 5.74) is 22.3. The van der Waals surface area contributed by atoms with Crippen molar-refractivity contribution in [3.05, 3.63) is 65.7 Å². The largest absolute Gasteiger partial charge is 0.508 e. The molecule has 0 aromatic heterocycles. The van der Waals surface area contributed by atoms with E-state index in [-0.39, 0.29) is 18.1 Å². The lowest BCUT2D eigenvalue weighted by Crippen LogP contribution is -2.34. The van der Waals surface area contributed by atoms with E-state index in [9.17, 15) is 19.2 Å². The maximum absolute atomic E-state index is 10.4. The molecule has 0 saturated heterocycles. The predicted octanol–water partition coefficient (Wildman–Crippen LogP) is -0.567. The highest BCUT2D eigenvalue weighted by molar-refractivity contribution is 5.74. The van der Waals surface area contributed by atoms with Gasteiger partial charge in [0.25, 0.3) is 0 Å². The molecule has 0 amide bonds. The Labute approximate surface area is 231 Å². The van der Waals surface area contributed by atoms with Crippen molar-refractivity contribution in [2.24, 2.45) is 28.9 Å². The Morgan fingerprint density at radius 1 is 0.625 bits per heavy atom. The number of aliphatic hydroxyl groups is 1. The number of aliphatic carboxylic acids is 4. The Morgan fingerprint density at radius 3 is 1.25 bits per heavy atom. The number of hydrogen-bond acceptors (Lipinski definition) is 10. The fourth-order valence-corrected chi connectivity index (χ4v) is 2.29. The van der Waals surface area contributed by atoms with Gasteiger partial charge in [0.15, 0.2) is 0 Å². The van der Waals surface area contributed by atoms with Crippen LogP contribution in [0, 0.1) is 5.92 Å². The van der Waals surface area contributed by atoms with Gasteiger partial charge in [-0.2, -0.15) is 0 Å². The van der Waals surface area contributed by atoms with E-state index in [2.05, 4.69) is 0 Å². The SMILES string of the molecule is CC(C)C(N)C(=O)O.NC(CO)C(=O)O.NC(Cc1ccc(O)cc1)C(=O)O.NC(Cc1ccccc1)C(=O)O. The number of carboxylic acid groups (broad SMARTS) is 4. The topological polar surface area (TPSA) is 294 Å². The van der Waals surface area contributed by atoms with E-state index in [1.165, 1.54) is 12.1 Å². The van der Waals surface area contributed by atoms with Crippen molar-refractivity contribution in [1.82, 2.24) is 0 Å². The number of aromatic hydroxyl groups is 1. The van der Waals surface area contributed by atoms with Gasteiger partial charge in [0.05, 0.1) is 6.61 Å². The highest BCUT2D eigenvalue weighted by Crippen LogP contribution is 2.10. The van der Waals surface area contributed by atoms with Gasteiger partial charge in [-0.05, 0) is 42.0 Å². The molecule has 14 nitrogen and oxygen atoms in total. The first-order chi connectivity index (χ1) is 18.5. The number of rotatable bonds is 10. The molecule has 4 atom stereocenters. The summed E-state index contributed by atoms with van der Waals surface area (Å²) < 4.78 is 0. The van der Waals surface area contributed by atoms with Crippen LogP contribution in [0.3, 0.4) is 0 Å². The molecule has 0 fully saturated rings. The summed E-state index contributed by atoms with van der Waals surface area (Å²) in [7, 11) is 0. The first-order valence-electron chi connectivity index (χ1n) is 11.9. The standard InChI is InChI=1S/C9H11NO3.C9H11NO2.C5H11NO2.C3H7NO3/c10-8(9(12)13)5-6-1-3-7(11)4-2-6;10-8(9(11)12)6-7-4-2-1-3-5-7;1-3(2)4(6)5(7)8;4-2(1-5)3(6)7/h1-4,8,11H,5,10H2,(H,12,13);1-5,8H,6,10H2,(H,11,12);3-4H,6H2,1-2H3,(H,7,8);2,5H,1,4H2,(H,6,7). The number of phenols is 1. The van der Waals surface area contributed by atoms with E-state index in [1.54, 1.807) is 26.0 Å². The molecule has 2 aromatic rings. The van der Waals surface area contributed by atoms with Crippen molar-refractivity contribution in [1.29, 1.82) is 0 Å². The minimum atomic E-state index is -1.18. The van der Waals surface area contributed by atoms with Gasteiger partial charge in [-0.3, -0.25) is 19.2 Å². The third kappa shape index (κ3) is 19.1. The van der Waals surface area contributed by atoms with Crippen molar-refractivity contribution in [3.63, 3.8) is 0 Å². The summed E-state index contributed by atoms with van der Waals surface area (Å²) in [4.78, 5) is 40.4. The summed E-state index contributed by atoms with van der Waals surface area (Å²) in [6.07, 6.45) is 0.659. The van der Waals surface area contributed by atoms with E-state index < -0.39 is 54.7 Å². The van der Waals surface area contributed by atoms with Crippen molar-refractivity contribution in [3.8, 4) is 5.75 Å². The van der Waals surface area contributed by atoms with Crippen molar-refractivity contribution < 1.29 is 49.8 Å². The summed E-state index contributed by atoms with van der Waals surface area (Å²) in [6.45, 7) is 3.05. The monoisotopic (exact) mass is 568 g/mol. The summed E-state index contributed by atoms with van der Waals surface area (Å²) in [5, 5.41) is 50.1. The van der Waals surface area contributed by atoms with Gasteiger partial charge in [-0.25, -0.2) is 0 Å². The predicted molar refractivity (Wildman–Crippen MR) is 146 cm³/mol. The lowest BCUT2D eigenvalue weighted by Gasteiger charge is -2.07. The number of aliphatic hydroxyl groups excluding tert-OH is 1. The molecule has 14 heteroatoms. The molecule has 0 saturated carbocycles. The molecule has 224 valence electrons. The molecule has 0 spiro atoms. The molecule has 0 radical (unpaired) electrons. The Hall–Kier alpha value is -4.08. The van der Waals surface area contributed by atoms with Crippen molar-refractivity contribution in [2.45, 2.75) is 50.9 Å². The fraction of sp³-hybridized carbons (Fsp3) is 0.385. The zero-order valence-electron chi connectivity index (χ0n) is 22.3. The summed E-state index contributed by atoms with van der Waals surface area (Å²) >= 11 is 0. The fourth-order valence-electron chi connectivity index (χ4n) is 2.29. The Bertz CT molecular complexity index is 1020. The smallest absolute Gasteiger partial charge is 0.322 e. The van der Waals surface area contributed by atoms with Gasteiger partial charge >= 0.3 is 23.9 Å². The Kier molecular flexibility index (Phi) is 19.8. The van der Waals surface area contributed by atoms with E-state index in [0.717, 1.165) is 11.1 Å². The second-order valence-corrected chi connectivity index (χ2v) is 8.69. The van der Waals surface area contributed by atoms with E-state index >= 15 is 0 Å². The number of carbonyl (C=O) groups is 4. The zero-order valence-corrected chi connectivity index (χ0v) is 22.3. The minimum absolute atomic E-state index is 0.0208. The normalized spacial score (nSPS) is 12.9. The van der Waals surface area contributed by atoms with Crippen LogP contribution < -0.4 is 22.9 Å². The molecular weight excluding hydrogens is 528 g/mol. The Balaban J connectivity index is 0. The van der Waals surface area contributed by atoms with Crippen LogP contribution in [0.2, 0.25) is 0 Å². The van der Waals surface area contributed by atoms with Gasteiger partial charge in [0, 0.05) is 0 Å². The van der Waals surface area contributed by atoms with Crippen LogP contribution in [0.15, 0.2) is 54.6 Å². The lowest BCUT2D eigenvalue weighted by molar-refractivity contribution is -0.140. The first-order valence-corrected chi connectivity index (χ1v) is 11.9. The number of hydrogen-bond donors (Lipinski definition) is 10. The maximum atomic E-state index is 10.4. The van der Waals surface area contributed by atoms with Gasteiger partial charge in [-0.1, -0.05) is 56.3 Å². The molecule has 0 aliphatic heterocycles. The van der Waals surface area contributed by atoms with Gasteiger partial charge in [0.2, 0.25) is 0 Å². The van der Waals surface area contributed by atoms with Crippen LogP contribution in [-0.2, 0) is 32.0 Å². The maximum Gasteiger partial charge on any atom is 0.322 e. The Morgan fingerprint density at radius 2 is 1.00 bits per heavy atom. The van der Waals surface area contributed by atoms with Gasteiger partial charge in [0.1, 0.15) is 29.9 Å². The lowest BCUT2D eigenvalue weighted by atomic mass is 10.1. The average molecular weight is 569 g/mol. The summed E-state index contributed by atoms with van der Waals surface area (Å²) in [6, 6.07) is 12.1. The van der Waals surface area contributed by atoms with E-state index in [0.29, 0.717) is 6.42 Å². The van der Waals surface area contributed by atoms with Crippen molar-refractivity contribution >= 4 is 23.9 Å². The molecule has 0 heterocycles. The molecule has 0 aliphatic rings. The quantitative estimate of drug-likeness (QED) is 0.172. The molecular formula is C26H40N4O10. The van der Waals surface area contributed by atoms with E-state index in [1.807, 2.05) is 30.3 Å². The van der Waals surface area contributed by atoms with Gasteiger partial charge < -0.3 is 53.6 Å². The molecule has 40 heavy (non-hydrogen) atoms. The second kappa shape index (κ2) is 20.8. The number of benzene rings is 2. The van der Waals surface area contributed by atoms with Crippen LogP contribution in [0.4, 0.5) is 0 Å². The third-order valence-corrected chi connectivity index (χ3v) is 4.84. The highest BCUT2D eigenvalue weighted by Gasteiger charge is 2.14. The first kappa shape index (κ1) is 38.1. The minimum Gasteiger partial charge on any atom is -0.508 e. The molecule has 2 rings (SSSR count). The highest BCUT2D eigenvalue weighted by atomic mass is 16.4. The van der Waals surface area contributed by atoms with E-state index in [4.69, 9.17) is 53.6 Å². The third-order valence-electron chi connectivity index (χ3n) is 4.84. The molecule has 2 aromatic carbocycles. The molecule has 0 aliphatic carbocycles. The number of phenolic OH excluding ortho intramolecular Hbond substituents is 1. The van der Waals surface area contributed by atoms with Crippen LogP contribution >= 0.6 is 0 Å². The van der Waals surface area contributed by atoms with Gasteiger partial charge in [-0.15, -0.1) is 0 Å². The van der Waals surface area contributed by atoms with Crippen LogP contribution in [-0.4, -0.2) is 85.3 Å². The van der Waals surface area contributed by atoms with Crippen LogP contribution in [0.5, 0.6) is 5.75 Å². The number of nitrogens with two attached hydrogens (primary N) is 4. The van der Waals surface area contributed by atoms with Crippen molar-refractivity contribution in [2.75, 3.05) is 6.61 Å². The second-order valence-electron chi connectivity index (χ2n) is 8.69.